The van der Waals surface area contributed by atoms with Gasteiger partial charge in [0.1, 0.15) is 0 Å². The van der Waals surface area contributed by atoms with Crippen LogP contribution < -0.4 is 14.8 Å². The largest absolute Gasteiger partial charge is 0.493 e. The van der Waals surface area contributed by atoms with Crippen LogP contribution in [0.5, 0.6) is 11.5 Å². The molecule has 1 saturated heterocycles. The number of benzene rings is 1. The van der Waals surface area contributed by atoms with E-state index in [1.54, 1.807) is 7.11 Å². The van der Waals surface area contributed by atoms with Crippen molar-refractivity contribution in [3.05, 3.63) is 23.8 Å². The van der Waals surface area contributed by atoms with Crippen LogP contribution in [0.2, 0.25) is 0 Å². The Balaban J connectivity index is 0.00000242. The van der Waals surface area contributed by atoms with Gasteiger partial charge in [-0.1, -0.05) is 6.07 Å². The highest BCUT2D eigenvalue weighted by molar-refractivity contribution is 5.85. The lowest BCUT2D eigenvalue weighted by Crippen LogP contribution is -2.45. The number of nitrogens with one attached hydrogen (secondary N) is 1. The van der Waals surface area contributed by atoms with Crippen LogP contribution in [0.4, 0.5) is 0 Å². The quantitative estimate of drug-likeness (QED) is 0.799. The van der Waals surface area contributed by atoms with Crippen LogP contribution in [0.25, 0.3) is 0 Å². The van der Waals surface area contributed by atoms with Gasteiger partial charge in [-0.25, -0.2) is 0 Å². The van der Waals surface area contributed by atoms with Crippen molar-refractivity contribution in [2.45, 2.75) is 19.4 Å². The summed E-state index contributed by atoms with van der Waals surface area (Å²) in [6, 6.07) is 6.30. The lowest BCUT2D eigenvalue weighted by atomic mass is 10.0. The third-order valence-corrected chi connectivity index (χ3v) is 3.87. The first-order valence-electron chi connectivity index (χ1n) is 7.66. The van der Waals surface area contributed by atoms with Gasteiger partial charge in [0.2, 0.25) is 0 Å². The molecule has 1 atom stereocenters. The Morgan fingerprint density at radius 3 is 2.59 bits per heavy atom. The van der Waals surface area contributed by atoms with E-state index >= 15 is 0 Å². The maximum absolute atomic E-state index is 9.40. The van der Waals surface area contributed by atoms with E-state index in [1.165, 1.54) is 5.56 Å². The minimum Gasteiger partial charge on any atom is -0.493 e. The summed E-state index contributed by atoms with van der Waals surface area (Å²) in [4.78, 5) is 2.42. The molecule has 0 aromatic heterocycles. The van der Waals surface area contributed by atoms with Crippen LogP contribution in [-0.2, 0) is 0 Å². The molecule has 0 amide bonds. The summed E-state index contributed by atoms with van der Waals surface area (Å²) in [5, 5.41) is 12.8. The van der Waals surface area contributed by atoms with Crippen molar-refractivity contribution in [1.29, 1.82) is 0 Å². The molecule has 0 radical (unpaired) electrons. The maximum atomic E-state index is 9.40. The second kappa shape index (κ2) is 9.90. The van der Waals surface area contributed by atoms with Gasteiger partial charge in [-0.2, -0.15) is 0 Å². The van der Waals surface area contributed by atoms with Gasteiger partial charge < -0.3 is 19.9 Å². The topological polar surface area (TPSA) is 54.0 Å². The summed E-state index contributed by atoms with van der Waals surface area (Å²) in [6.07, 6.45) is 0.734. The third-order valence-electron chi connectivity index (χ3n) is 3.87. The summed E-state index contributed by atoms with van der Waals surface area (Å²) < 4.78 is 11.0. The van der Waals surface area contributed by atoms with E-state index in [-0.39, 0.29) is 25.1 Å². The predicted octanol–water partition coefficient (Wildman–Crippen LogP) is 1.84. The van der Waals surface area contributed by atoms with Crippen molar-refractivity contribution in [3.63, 3.8) is 0 Å². The minimum atomic E-state index is 0. The number of aliphatic hydroxyl groups is 1. The molecule has 1 fully saturated rings. The number of hydrogen-bond donors (Lipinski definition) is 2. The van der Waals surface area contributed by atoms with Crippen molar-refractivity contribution in [2.24, 2.45) is 0 Å². The summed E-state index contributed by atoms with van der Waals surface area (Å²) in [5.74, 6) is 1.53. The molecule has 2 N–H and O–H groups in total. The molecule has 1 aromatic rings. The number of hydrogen-bond acceptors (Lipinski definition) is 5. The number of piperazine rings is 1. The SMILES string of the molecule is CCOc1cc([C@@H](CCO)N2CCNCC2)ccc1OC.Cl. The standard InChI is InChI=1S/C16H26N2O3.ClH/c1-3-21-16-12-13(4-5-15(16)20-2)14(6-11-19)18-9-7-17-8-10-18;/h4-5,12,14,17,19H,3,6-11H2,1-2H3;1H/t14-;/m1./s1. The summed E-state index contributed by atoms with van der Waals surface area (Å²) in [6.45, 7) is 6.75. The van der Waals surface area contributed by atoms with Gasteiger partial charge in [0.25, 0.3) is 0 Å². The van der Waals surface area contributed by atoms with E-state index in [1.807, 2.05) is 19.1 Å². The second-order valence-electron chi connectivity index (χ2n) is 5.16. The minimum absolute atomic E-state index is 0. The number of nitrogens with zero attached hydrogens (tertiary/aromatic N) is 1. The maximum Gasteiger partial charge on any atom is 0.161 e. The van der Waals surface area contributed by atoms with Crippen LogP contribution in [-0.4, -0.2) is 56.5 Å². The Hall–Kier alpha value is -1.01. The van der Waals surface area contributed by atoms with E-state index in [0.717, 1.165) is 44.1 Å². The molecular weight excluding hydrogens is 304 g/mol. The molecule has 0 unspecified atom stereocenters. The Morgan fingerprint density at radius 1 is 1.27 bits per heavy atom. The normalized spacial score (nSPS) is 16.7. The first kappa shape index (κ1) is 19.0. The molecule has 0 saturated carbocycles. The number of rotatable bonds is 7. The van der Waals surface area contributed by atoms with Gasteiger partial charge in [0.15, 0.2) is 11.5 Å². The van der Waals surface area contributed by atoms with E-state index in [4.69, 9.17) is 9.47 Å². The van der Waals surface area contributed by atoms with Crippen molar-refractivity contribution in [3.8, 4) is 11.5 Å². The number of aliphatic hydroxyl groups excluding tert-OH is 1. The lowest BCUT2D eigenvalue weighted by Gasteiger charge is -2.35. The molecular formula is C16H27ClN2O3. The predicted molar refractivity (Wildman–Crippen MR) is 90.3 cm³/mol. The number of ether oxygens (including phenoxy) is 2. The summed E-state index contributed by atoms with van der Waals surface area (Å²) in [5.41, 5.74) is 1.18. The first-order valence-corrected chi connectivity index (χ1v) is 7.66. The summed E-state index contributed by atoms with van der Waals surface area (Å²) >= 11 is 0. The van der Waals surface area contributed by atoms with Gasteiger partial charge in [0.05, 0.1) is 13.7 Å². The Kier molecular flexibility index (Phi) is 8.56. The molecule has 22 heavy (non-hydrogen) atoms. The molecule has 1 aromatic carbocycles. The Morgan fingerprint density at radius 2 is 2.00 bits per heavy atom. The molecule has 1 aliphatic heterocycles. The van der Waals surface area contributed by atoms with E-state index in [2.05, 4.69) is 16.3 Å². The van der Waals surface area contributed by atoms with Crippen molar-refractivity contribution in [1.82, 2.24) is 10.2 Å². The van der Waals surface area contributed by atoms with Crippen LogP contribution in [0.15, 0.2) is 18.2 Å². The van der Waals surface area contributed by atoms with Gasteiger partial charge >= 0.3 is 0 Å². The molecule has 0 aliphatic carbocycles. The fraction of sp³-hybridized carbons (Fsp3) is 0.625. The van der Waals surface area contributed by atoms with Crippen LogP contribution in [0.3, 0.4) is 0 Å². The molecule has 6 heteroatoms. The second-order valence-corrected chi connectivity index (χ2v) is 5.16. The smallest absolute Gasteiger partial charge is 0.161 e. The van der Waals surface area contributed by atoms with E-state index in [0.29, 0.717) is 6.61 Å². The molecule has 0 spiro atoms. The van der Waals surface area contributed by atoms with Crippen LogP contribution >= 0.6 is 12.4 Å². The molecule has 2 rings (SSSR count). The molecule has 5 nitrogen and oxygen atoms in total. The lowest BCUT2D eigenvalue weighted by molar-refractivity contribution is 0.141. The van der Waals surface area contributed by atoms with E-state index < -0.39 is 0 Å². The zero-order valence-corrected chi connectivity index (χ0v) is 14.2. The average Bonchev–Trinajstić information content (AvgIpc) is 2.54. The summed E-state index contributed by atoms with van der Waals surface area (Å²) in [7, 11) is 1.65. The monoisotopic (exact) mass is 330 g/mol. The number of methoxy groups -OCH3 is 1. The molecule has 126 valence electrons. The fourth-order valence-electron chi connectivity index (χ4n) is 2.85. The van der Waals surface area contributed by atoms with E-state index in [9.17, 15) is 5.11 Å². The highest BCUT2D eigenvalue weighted by Gasteiger charge is 2.22. The Labute approximate surface area is 139 Å². The van der Waals surface area contributed by atoms with Gasteiger partial charge in [-0.15, -0.1) is 12.4 Å². The first-order chi connectivity index (χ1) is 10.3. The van der Waals surface area contributed by atoms with Gasteiger partial charge in [0, 0.05) is 38.8 Å². The highest BCUT2D eigenvalue weighted by atomic mass is 35.5. The van der Waals surface area contributed by atoms with Gasteiger partial charge in [-0.05, 0) is 31.0 Å². The number of halogens is 1. The van der Waals surface area contributed by atoms with Crippen molar-refractivity contribution >= 4 is 12.4 Å². The van der Waals surface area contributed by atoms with Crippen LogP contribution in [0, 0.1) is 0 Å². The average molecular weight is 331 g/mol. The third kappa shape index (κ3) is 4.74. The molecule has 1 heterocycles. The van der Waals surface area contributed by atoms with Crippen LogP contribution in [0.1, 0.15) is 24.9 Å². The Bertz CT molecular complexity index is 439. The van der Waals surface area contributed by atoms with Gasteiger partial charge in [-0.3, -0.25) is 4.90 Å². The zero-order chi connectivity index (χ0) is 15.1. The van der Waals surface area contributed by atoms with Crippen molar-refractivity contribution in [2.75, 3.05) is 46.5 Å². The highest BCUT2D eigenvalue weighted by Crippen LogP contribution is 2.33. The molecule has 0 bridgehead atoms. The van der Waals surface area contributed by atoms with Crippen molar-refractivity contribution < 1.29 is 14.6 Å². The molecule has 1 aliphatic rings. The fourth-order valence-corrected chi connectivity index (χ4v) is 2.85. The zero-order valence-electron chi connectivity index (χ0n) is 13.4.